The molecule has 0 bridgehead atoms. The van der Waals surface area contributed by atoms with Crippen LogP contribution in [-0.4, -0.2) is 17.5 Å². The van der Waals surface area contributed by atoms with Crippen molar-refractivity contribution in [2.75, 3.05) is 12.8 Å². The molecule has 0 aliphatic carbocycles. The molecular weight excluding hydrogens is 240 g/mol. The molecule has 17 heavy (non-hydrogen) atoms. The molecule has 1 heterocycles. The Morgan fingerprint density at radius 1 is 1.35 bits per heavy atom. The predicted molar refractivity (Wildman–Crippen MR) is 68.3 cm³/mol. The Hall–Kier alpha value is -0.610. The lowest BCUT2D eigenvalue weighted by molar-refractivity contribution is 0.405. The standard InChI is InChI=1S/C13H17F2NS/c1-13(7-4-8-17-13)12(16-2)11-9(14)5-3-6-10(11)15/h3,5-6,12,16H,4,7-8H2,1-2H3. The minimum Gasteiger partial charge on any atom is -0.312 e. The highest BCUT2D eigenvalue weighted by Gasteiger charge is 2.40. The van der Waals surface area contributed by atoms with Crippen molar-refractivity contribution >= 4 is 11.8 Å². The Bertz CT molecular complexity index is 382. The van der Waals surface area contributed by atoms with Gasteiger partial charge in [0.2, 0.25) is 0 Å². The summed E-state index contributed by atoms with van der Waals surface area (Å²) in [6, 6.07) is 3.78. The van der Waals surface area contributed by atoms with Crippen LogP contribution < -0.4 is 5.32 Å². The zero-order valence-corrected chi connectivity index (χ0v) is 10.9. The van der Waals surface area contributed by atoms with Crippen molar-refractivity contribution in [2.24, 2.45) is 0 Å². The largest absolute Gasteiger partial charge is 0.312 e. The molecule has 0 radical (unpaired) electrons. The van der Waals surface area contributed by atoms with E-state index in [-0.39, 0.29) is 16.4 Å². The van der Waals surface area contributed by atoms with Gasteiger partial charge in [-0.15, -0.1) is 0 Å². The van der Waals surface area contributed by atoms with E-state index in [0.717, 1.165) is 18.6 Å². The summed E-state index contributed by atoms with van der Waals surface area (Å²) in [6.07, 6.45) is 2.09. The van der Waals surface area contributed by atoms with E-state index in [1.165, 1.54) is 18.2 Å². The molecule has 1 aliphatic heterocycles. The summed E-state index contributed by atoms with van der Waals surface area (Å²) in [5.41, 5.74) is 0.173. The topological polar surface area (TPSA) is 12.0 Å². The van der Waals surface area contributed by atoms with Crippen molar-refractivity contribution in [2.45, 2.75) is 30.6 Å². The van der Waals surface area contributed by atoms with E-state index in [0.29, 0.717) is 0 Å². The molecule has 2 atom stereocenters. The summed E-state index contributed by atoms with van der Waals surface area (Å²) in [6.45, 7) is 2.08. The van der Waals surface area contributed by atoms with Gasteiger partial charge in [-0.2, -0.15) is 11.8 Å². The maximum Gasteiger partial charge on any atom is 0.130 e. The molecule has 1 aliphatic rings. The van der Waals surface area contributed by atoms with E-state index < -0.39 is 11.6 Å². The normalized spacial score (nSPS) is 26.1. The highest BCUT2D eigenvalue weighted by molar-refractivity contribution is 8.00. The third kappa shape index (κ3) is 2.33. The van der Waals surface area contributed by atoms with E-state index in [1.807, 2.05) is 0 Å². The molecule has 1 aromatic carbocycles. The van der Waals surface area contributed by atoms with Gasteiger partial charge in [-0.25, -0.2) is 8.78 Å². The van der Waals surface area contributed by atoms with Gasteiger partial charge >= 0.3 is 0 Å². The average Bonchev–Trinajstić information content (AvgIpc) is 2.71. The lowest BCUT2D eigenvalue weighted by Gasteiger charge is -2.33. The monoisotopic (exact) mass is 257 g/mol. The third-order valence-electron chi connectivity index (χ3n) is 3.44. The fourth-order valence-corrected chi connectivity index (χ4v) is 4.02. The van der Waals surface area contributed by atoms with Gasteiger partial charge in [0.05, 0.1) is 6.04 Å². The van der Waals surface area contributed by atoms with Crippen LogP contribution >= 0.6 is 11.8 Å². The Balaban J connectivity index is 2.41. The lowest BCUT2D eigenvalue weighted by atomic mass is 9.89. The Kier molecular flexibility index (Phi) is 3.73. The first-order chi connectivity index (χ1) is 8.08. The highest BCUT2D eigenvalue weighted by Crippen LogP contribution is 2.47. The zero-order valence-electron chi connectivity index (χ0n) is 10.1. The summed E-state index contributed by atoms with van der Waals surface area (Å²) >= 11 is 1.79. The summed E-state index contributed by atoms with van der Waals surface area (Å²) in [5.74, 6) is 0.140. The molecule has 1 aromatic rings. The first kappa shape index (κ1) is 12.8. The van der Waals surface area contributed by atoms with E-state index in [9.17, 15) is 8.78 Å². The zero-order chi connectivity index (χ0) is 12.5. The SMILES string of the molecule is CNC(c1c(F)cccc1F)C1(C)CCCS1. The second kappa shape index (κ2) is 4.94. The quantitative estimate of drug-likeness (QED) is 0.889. The van der Waals surface area contributed by atoms with Crippen molar-refractivity contribution in [3.05, 3.63) is 35.4 Å². The smallest absolute Gasteiger partial charge is 0.130 e. The molecule has 0 saturated carbocycles. The van der Waals surface area contributed by atoms with Crippen LogP contribution in [0.2, 0.25) is 0 Å². The minimum atomic E-state index is -0.460. The third-order valence-corrected chi connectivity index (χ3v) is 5.03. The molecule has 4 heteroatoms. The number of thioether (sulfide) groups is 1. The van der Waals surface area contributed by atoms with Crippen LogP contribution in [0, 0.1) is 11.6 Å². The number of halogens is 2. The Morgan fingerprint density at radius 2 is 2.00 bits per heavy atom. The van der Waals surface area contributed by atoms with Gasteiger partial charge in [0, 0.05) is 10.3 Å². The maximum atomic E-state index is 13.8. The molecule has 1 nitrogen and oxygen atoms in total. The lowest BCUT2D eigenvalue weighted by Crippen LogP contribution is -2.36. The molecule has 0 spiro atoms. The predicted octanol–water partition coefficient (Wildman–Crippen LogP) is 3.51. The molecule has 1 saturated heterocycles. The fourth-order valence-electron chi connectivity index (χ4n) is 2.57. The van der Waals surface area contributed by atoms with Crippen LogP contribution in [0.1, 0.15) is 31.4 Å². The van der Waals surface area contributed by atoms with Crippen LogP contribution in [0.3, 0.4) is 0 Å². The van der Waals surface area contributed by atoms with Crippen LogP contribution in [0.4, 0.5) is 8.78 Å². The molecule has 0 aromatic heterocycles. The molecular formula is C13H17F2NS. The van der Waals surface area contributed by atoms with Gasteiger partial charge < -0.3 is 5.32 Å². The van der Waals surface area contributed by atoms with Crippen molar-refractivity contribution in [3.8, 4) is 0 Å². The minimum absolute atomic E-state index is 0.127. The number of hydrogen-bond donors (Lipinski definition) is 1. The number of benzene rings is 1. The van der Waals surface area contributed by atoms with Crippen LogP contribution in [-0.2, 0) is 0 Å². The van der Waals surface area contributed by atoms with Crippen LogP contribution in [0.5, 0.6) is 0 Å². The number of hydrogen-bond acceptors (Lipinski definition) is 2. The highest BCUT2D eigenvalue weighted by atomic mass is 32.2. The van der Waals surface area contributed by atoms with Gasteiger partial charge in [0.25, 0.3) is 0 Å². The molecule has 2 rings (SSSR count). The molecule has 94 valence electrons. The Morgan fingerprint density at radius 3 is 2.47 bits per heavy atom. The molecule has 1 N–H and O–H groups in total. The Labute approximate surface area is 105 Å². The first-order valence-electron chi connectivity index (χ1n) is 5.83. The molecule has 2 unspecified atom stereocenters. The number of nitrogens with one attached hydrogen (secondary N) is 1. The summed E-state index contributed by atoms with van der Waals surface area (Å²) in [5, 5.41) is 3.08. The average molecular weight is 257 g/mol. The van der Waals surface area contributed by atoms with Crippen LogP contribution in [0.25, 0.3) is 0 Å². The van der Waals surface area contributed by atoms with Crippen molar-refractivity contribution in [3.63, 3.8) is 0 Å². The number of rotatable bonds is 3. The van der Waals surface area contributed by atoms with E-state index >= 15 is 0 Å². The van der Waals surface area contributed by atoms with Gasteiger partial charge in [-0.05, 0) is 44.7 Å². The maximum absolute atomic E-state index is 13.8. The van der Waals surface area contributed by atoms with Gasteiger partial charge in [0.1, 0.15) is 11.6 Å². The van der Waals surface area contributed by atoms with Gasteiger partial charge in [-0.3, -0.25) is 0 Å². The van der Waals surface area contributed by atoms with Gasteiger partial charge in [0.15, 0.2) is 0 Å². The second-order valence-corrected chi connectivity index (χ2v) is 6.25. The van der Waals surface area contributed by atoms with Crippen molar-refractivity contribution in [1.82, 2.24) is 5.32 Å². The summed E-state index contributed by atoms with van der Waals surface area (Å²) in [7, 11) is 1.76. The summed E-state index contributed by atoms with van der Waals surface area (Å²) < 4.78 is 27.5. The molecule has 0 amide bonds. The van der Waals surface area contributed by atoms with Crippen molar-refractivity contribution in [1.29, 1.82) is 0 Å². The van der Waals surface area contributed by atoms with E-state index in [1.54, 1.807) is 18.8 Å². The molecule has 1 fully saturated rings. The van der Waals surface area contributed by atoms with Gasteiger partial charge in [-0.1, -0.05) is 6.07 Å². The van der Waals surface area contributed by atoms with Crippen molar-refractivity contribution < 1.29 is 8.78 Å². The first-order valence-corrected chi connectivity index (χ1v) is 6.82. The van der Waals surface area contributed by atoms with E-state index in [2.05, 4.69) is 12.2 Å². The van der Waals surface area contributed by atoms with E-state index in [4.69, 9.17) is 0 Å². The van der Waals surface area contributed by atoms with Crippen LogP contribution in [0.15, 0.2) is 18.2 Å². The summed E-state index contributed by atoms with van der Waals surface area (Å²) in [4.78, 5) is 0. The fraction of sp³-hybridized carbons (Fsp3) is 0.538. The second-order valence-electron chi connectivity index (χ2n) is 4.62.